The fraction of sp³-hybridized carbons (Fsp3) is 0.368. The van der Waals surface area contributed by atoms with Crippen molar-refractivity contribution in [2.24, 2.45) is 0 Å². The number of aryl methyl sites for hydroxylation is 1. The predicted octanol–water partition coefficient (Wildman–Crippen LogP) is 1.53. The summed E-state index contributed by atoms with van der Waals surface area (Å²) in [6.45, 7) is 3.52. The summed E-state index contributed by atoms with van der Waals surface area (Å²) in [6.07, 6.45) is 3.78. The van der Waals surface area contributed by atoms with Gasteiger partial charge in [-0.25, -0.2) is 9.97 Å². The van der Waals surface area contributed by atoms with Gasteiger partial charge in [-0.05, 0) is 17.7 Å². The Morgan fingerprint density at radius 2 is 2.00 bits per heavy atom. The van der Waals surface area contributed by atoms with Crippen molar-refractivity contribution in [1.82, 2.24) is 19.8 Å². The first-order valence-corrected chi connectivity index (χ1v) is 8.61. The van der Waals surface area contributed by atoms with Crippen molar-refractivity contribution in [3.8, 4) is 5.75 Å². The Kier molecular flexibility index (Phi) is 5.46. The van der Waals surface area contributed by atoms with Crippen molar-refractivity contribution in [3.05, 3.63) is 53.6 Å². The van der Waals surface area contributed by atoms with Crippen molar-refractivity contribution in [3.63, 3.8) is 0 Å². The molecule has 1 fully saturated rings. The predicted molar refractivity (Wildman–Crippen MR) is 95.7 cm³/mol. The van der Waals surface area contributed by atoms with Crippen LogP contribution >= 0.6 is 0 Å². The van der Waals surface area contributed by atoms with Crippen LogP contribution in [0.4, 0.5) is 0 Å². The number of piperazine rings is 1. The lowest BCUT2D eigenvalue weighted by Crippen LogP contribution is -2.51. The van der Waals surface area contributed by atoms with Gasteiger partial charge in [-0.15, -0.1) is 0 Å². The van der Waals surface area contributed by atoms with Crippen LogP contribution in [0.25, 0.3) is 0 Å². The molecule has 1 aliphatic rings. The lowest BCUT2D eigenvalue weighted by Gasteiger charge is -2.34. The smallest absolute Gasteiger partial charge is 0.257 e. The minimum absolute atomic E-state index is 0.0678. The zero-order valence-electron chi connectivity index (χ0n) is 15.0. The van der Waals surface area contributed by atoms with Crippen LogP contribution < -0.4 is 4.74 Å². The molecule has 0 saturated carbocycles. The van der Waals surface area contributed by atoms with Gasteiger partial charge in [0, 0.05) is 38.4 Å². The third-order valence-corrected chi connectivity index (χ3v) is 4.38. The van der Waals surface area contributed by atoms with E-state index in [1.165, 1.54) is 12.4 Å². The highest BCUT2D eigenvalue weighted by Gasteiger charge is 2.28. The van der Waals surface area contributed by atoms with Gasteiger partial charge in [-0.2, -0.15) is 0 Å². The Morgan fingerprint density at radius 3 is 2.65 bits per heavy atom. The summed E-state index contributed by atoms with van der Waals surface area (Å²) in [7, 11) is 1.62. The van der Waals surface area contributed by atoms with Gasteiger partial charge in [0.15, 0.2) is 0 Å². The quantitative estimate of drug-likeness (QED) is 0.814. The second-order valence-corrected chi connectivity index (χ2v) is 6.14. The van der Waals surface area contributed by atoms with Gasteiger partial charge >= 0.3 is 0 Å². The van der Waals surface area contributed by atoms with E-state index in [4.69, 9.17) is 4.74 Å². The summed E-state index contributed by atoms with van der Waals surface area (Å²) in [5.74, 6) is 1.18. The van der Waals surface area contributed by atoms with Crippen LogP contribution in [0.3, 0.4) is 0 Å². The molecule has 0 radical (unpaired) electrons. The highest BCUT2D eigenvalue weighted by molar-refractivity contribution is 5.96. The zero-order valence-corrected chi connectivity index (χ0v) is 15.0. The molecule has 26 heavy (non-hydrogen) atoms. The summed E-state index contributed by atoms with van der Waals surface area (Å²) >= 11 is 0. The van der Waals surface area contributed by atoms with Crippen LogP contribution in [-0.4, -0.2) is 58.3 Å². The molecule has 3 rings (SSSR count). The standard InChI is InChI=1S/C19H22N4O3/c1-3-17-20-10-15(11-21-17)19(25)23-8-7-22(18(24)13-23)12-14-5-4-6-16(9-14)26-2/h4-6,9-11H,3,7-8,12-13H2,1-2H3. The van der Waals surface area contributed by atoms with Crippen LogP contribution in [0.2, 0.25) is 0 Å². The van der Waals surface area contributed by atoms with Gasteiger partial charge in [0.1, 0.15) is 18.1 Å². The second-order valence-electron chi connectivity index (χ2n) is 6.14. The van der Waals surface area contributed by atoms with E-state index in [1.54, 1.807) is 16.9 Å². The number of carbonyl (C=O) groups excluding carboxylic acids is 2. The third kappa shape index (κ3) is 3.99. The molecule has 0 bridgehead atoms. The SMILES string of the molecule is CCc1ncc(C(=O)N2CCN(Cc3cccc(OC)c3)C(=O)C2)cn1. The number of rotatable bonds is 5. The minimum atomic E-state index is -0.206. The second kappa shape index (κ2) is 7.95. The number of aromatic nitrogens is 2. The number of amides is 2. The molecule has 7 heteroatoms. The van der Waals surface area contributed by atoms with Crippen molar-refractivity contribution in [2.75, 3.05) is 26.7 Å². The lowest BCUT2D eigenvalue weighted by atomic mass is 10.1. The molecule has 2 heterocycles. The molecular weight excluding hydrogens is 332 g/mol. The van der Waals surface area contributed by atoms with Crippen molar-refractivity contribution in [1.29, 1.82) is 0 Å². The zero-order chi connectivity index (χ0) is 18.5. The molecule has 0 N–H and O–H groups in total. The number of nitrogens with zero attached hydrogens (tertiary/aromatic N) is 4. The molecule has 2 amide bonds. The Balaban J connectivity index is 1.62. The van der Waals surface area contributed by atoms with Crippen LogP contribution in [0.15, 0.2) is 36.7 Å². The highest BCUT2D eigenvalue weighted by Crippen LogP contribution is 2.16. The monoisotopic (exact) mass is 354 g/mol. The Hall–Kier alpha value is -2.96. The average molecular weight is 354 g/mol. The summed E-state index contributed by atoms with van der Waals surface area (Å²) in [5.41, 5.74) is 1.41. The molecule has 0 aliphatic carbocycles. The topological polar surface area (TPSA) is 75.6 Å². The molecule has 1 aromatic heterocycles. The maximum Gasteiger partial charge on any atom is 0.257 e. The van der Waals surface area contributed by atoms with Crippen LogP contribution in [0.1, 0.15) is 28.7 Å². The molecule has 0 atom stereocenters. The molecular formula is C19H22N4O3. The molecule has 2 aromatic rings. The first-order chi connectivity index (χ1) is 12.6. The van der Waals surface area contributed by atoms with Gasteiger partial charge in [0.05, 0.1) is 12.7 Å². The maximum atomic E-state index is 12.6. The molecule has 7 nitrogen and oxygen atoms in total. The number of carbonyl (C=O) groups is 2. The maximum absolute atomic E-state index is 12.6. The van der Waals surface area contributed by atoms with E-state index in [9.17, 15) is 9.59 Å². The van der Waals surface area contributed by atoms with Crippen molar-refractivity contribution in [2.45, 2.75) is 19.9 Å². The Morgan fingerprint density at radius 1 is 1.23 bits per heavy atom. The van der Waals surface area contributed by atoms with Gasteiger partial charge in [0.2, 0.25) is 5.91 Å². The highest BCUT2D eigenvalue weighted by atomic mass is 16.5. The van der Waals surface area contributed by atoms with Crippen LogP contribution in [0, 0.1) is 0 Å². The van der Waals surface area contributed by atoms with Crippen LogP contribution in [0.5, 0.6) is 5.75 Å². The van der Waals surface area contributed by atoms with Crippen molar-refractivity contribution < 1.29 is 14.3 Å². The van der Waals surface area contributed by atoms with Crippen LogP contribution in [-0.2, 0) is 17.8 Å². The molecule has 1 aromatic carbocycles. The van der Waals surface area contributed by atoms with Gasteiger partial charge in [-0.1, -0.05) is 19.1 Å². The summed E-state index contributed by atoms with van der Waals surface area (Å²) in [4.78, 5) is 36.6. The van der Waals surface area contributed by atoms with E-state index in [-0.39, 0.29) is 18.4 Å². The summed E-state index contributed by atoms with van der Waals surface area (Å²) in [6, 6.07) is 7.64. The molecule has 0 spiro atoms. The third-order valence-electron chi connectivity index (χ3n) is 4.38. The van der Waals surface area contributed by atoms with E-state index in [2.05, 4.69) is 9.97 Å². The Labute approximate surface area is 152 Å². The molecule has 1 saturated heterocycles. The average Bonchev–Trinajstić information content (AvgIpc) is 2.69. The molecule has 1 aliphatic heterocycles. The van der Waals surface area contributed by atoms with E-state index in [0.29, 0.717) is 31.0 Å². The lowest BCUT2D eigenvalue weighted by molar-refractivity contribution is -0.135. The number of benzene rings is 1. The first kappa shape index (κ1) is 17.8. The van der Waals surface area contributed by atoms with Gasteiger partial charge < -0.3 is 14.5 Å². The Bertz CT molecular complexity index is 792. The number of methoxy groups -OCH3 is 1. The largest absolute Gasteiger partial charge is 0.497 e. The fourth-order valence-electron chi connectivity index (χ4n) is 2.87. The number of hydrogen-bond donors (Lipinski definition) is 0. The normalized spacial score (nSPS) is 14.5. The van der Waals surface area contributed by atoms with Gasteiger partial charge in [-0.3, -0.25) is 9.59 Å². The fourth-order valence-corrected chi connectivity index (χ4v) is 2.87. The summed E-state index contributed by atoms with van der Waals surface area (Å²) in [5, 5.41) is 0. The first-order valence-electron chi connectivity index (χ1n) is 8.61. The molecule has 0 unspecified atom stereocenters. The van der Waals surface area contributed by atoms with E-state index >= 15 is 0 Å². The molecule has 136 valence electrons. The van der Waals surface area contributed by atoms with Crippen molar-refractivity contribution >= 4 is 11.8 Å². The summed E-state index contributed by atoms with van der Waals surface area (Å²) < 4.78 is 5.22. The minimum Gasteiger partial charge on any atom is -0.497 e. The number of ether oxygens (including phenoxy) is 1. The number of hydrogen-bond acceptors (Lipinski definition) is 5. The van der Waals surface area contributed by atoms with E-state index in [1.807, 2.05) is 31.2 Å². The van der Waals surface area contributed by atoms with Gasteiger partial charge in [0.25, 0.3) is 5.91 Å². The van der Waals surface area contributed by atoms with E-state index in [0.717, 1.165) is 17.7 Å². The van der Waals surface area contributed by atoms with E-state index < -0.39 is 0 Å².